The lowest BCUT2D eigenvalue weighted by atomic mass is 10.1. The lowest BCUT2D eigenvalue weighted by molar-refractivity contribution is 0.122. The van der Waals surface area contributed by atoms with E-state index in [1.54, 1.807) is 6.33 Å². The quantitative estimate of drug-likeness (QED) is 0.826. The molecule has 0 saturated carbocycles. The molecule has 0 aliphatic carbocycles. The van der Waals surface area contributed by atoms with Crippen molar-refractivity contribution in [2.75, 3.05) is 49.2 Å². The van der Waals surface area contributed by atoms with Gasteiger partial charge in [0.25, 0.3) is 0 Å². The zero-order chi connectivity index (χ0) is 13.9. The van der Waals surface area contributed by atoms with Crippen LogP contribution >= 0.6 is 15.9 Å². The van der Waals surface area contributed by atoms with Gasteiger partial charge in [0, 0.05) is 30.2 Å². The van der Waals surface area contributed by atoms with Crippen LogP contribution < -0.4 is 9.80 Å². The average molecular weight is 339 g/mol. The standard InChI is InChI=1S/C14H19BrN4O/c1-11-2-3-19(9-12(11)15)14-8-13(16-10-17-14)18-4-6-20-7-5-18/h8,10H,2-7,9H2,1H3. The third-order valence-corrected chi connectivity index (χ3v) is 4.77. The Bertz CT molecular complexity index is 514. The third-order valence-electron chi connectivity index (χ3n) is 3.85. The molecule has 1 aromatic rings. The smallest absolute Gasteiger partial charge is 0.134 e. The number of hydrogen-bond donors (Lipinski definition) is 0. The van der Waals surface area contributed by atoms with E-state index in [4.69, 9.17) is 4.74 Å². The summed E-state index contributed by atoms with van der Waals surface area (Å²) in [6.07, 6.45) is 2.75. The summed E-state index contributed by atoms with van der Waals surface area (Å²) in [7, 11) is 0. The molecule has 1 aromatic heterocycles. The minimum atomic E-state index is 0.774. The first-order valence-corrected chi connectivity index (χ1v) is 7.77. The third kappa shape index (κ3) is 2.96. The van der Waals surface area contributed by atoms with E-state index < -0.39 is 0 Å². The molecular formula is C14H19BrN4O. The van der Waals surface area contributed by atoms with Crippen molar-refractivity contribution in [2.45, 2.75) is 13.3 Å². The second kappa shape index (κ2) is 6.10. The zero-order valence-electron chi connectivity index (χ0n) is 11.7. The Morgan fingerprint density at radius 2 is 1.80 bits per heavy atom. The summed E-state index contributed by atoms with van der Waals surface area (Å²) in [6.45, 7) is 7.44. The summed E-state index contributed by atoms with van der Waals surface area (Å²) in [5.74, 6) is 2.01. The molecule has 3 rings (SSSR count). The van der Waals surface area contributed by atoms with Crippen LogP contribution in [0.5, 0.6) is 0 Å². The first-order valence-electron chi connectivity index (χ1n) is 6.98. The molecule has 0 radical (unpaired) electrons. The van der Waals surface area contributed by atoms with Crippen LogP contribution in [0.15, 0.2) is 22.4 Å². The maximum Gasteiger partial charge on any atom is 0.134 e. The lowest BCUT2D eigenvalue weighted by Crippen LogP contribution is -2.37. The molecule has 0 amide bonds. The largest absolute Gasteiger partial charge is 0.378 e. The summed E-state index contributed by atoms with van der Waals surface area (Å²) in [5, 5.41) is 0. The zero-order valence-corrected chi connectivity index (χ0v) is 13.3. The molecule has 0 unspecified atom stereocenters. The fourth-order valence-corrected chi connectivity index (χ4v) is 2.99. The maximum atomic E-state index is 5.39. The number of rotatable bonds is 2. The summed E-state index contributed by atoms with van der Waals surface area (Å²) in [4.78, 5) is 13.4. The van der Waals surface area contributed by atoms with Gasteiger partial charge in [-0.15, -0.1) is 0 Å². The van der Waals surface area contributed by atoms with Gasteiger partial charge in [-0.3, -0.25) is 0 Å². The van der Waals surface area contributed by atoms with Gasteiger partial charge in [0.15, 0.2) is 0 Å². The fourth-order valence-electron chi connectivity index (χ4n) is 2.49. The van der Waals surface area contributed by atoms with Gasteiger partial charge in [-0.25, -0.2) is 9.97 Å². The van der Waals surface area contributed by atoms with Crippen molar-refractivity contribution in [1.29, 1.82) is 0 Å². The van der Waals surface area contributed by atoms with Crippen molar-refractivity contribution in [3.8, 4) is 0 Å². The molecule has 1 saturated heterocycles. The minimum Gasteiger partial charge on any atom is -0.378 e. The van der Waals surface area contributed by atoms with E-state index in [-0.39, 0.29) is 0 Å². The molecule has 6 heteroatoms. The van der Waals surface area contributed by atoms with Crippen molar-refractivity contribution in [3.05, 3.63) is 22.4 Å². The SMILES string of the molecule is CC1=C(Br)CN(c2cc(N3CCOCC3)ncn2)CC1. The van der Waals surface area contributed by atoms with Crippen molar-refractivity contribution >= 4 is 27.6 Å². The van der Waals surface area contributed by atoms with Gasteiger partial charge in [-0.2, -0.15) is 0 Å². The normalized spacial score (nSPS) is 20.5. The van der Waals surface area contributed by atoms with E-state index in [1.165, 1.54) is 10.1 Å². The molecule has 0 atom stereocenters. The number of halogens is 1. The number of morpholine rings is 1. The highest BCUT2D eigenvalue weighted by molar-refractivity contribution is 9.11. The number of nitrogens with zero attached hydrogens (tertiary/aromatic N) is 4. The van der Waals surface area contributed by atoms with Crippen LogP contribution in [-0.4, -0.2) is 49.4 Å². The molecular weight excluding hydrogens is 320 g/mol. The summed E-state index contributed by atoms with van der Waals surface area (Å²) >= 11 is 3.65. The Morgan fingerprint density at radius 1 is 1.10 bits per heavy atom. The summed E-state index contributed by atoms with van der Waals surface area (Å²) in [5.41, 5.74) is 1.43. The van der Waals surface area contributed by atoms with Crippen LogP contribution in [0.2, 0.25) is 0 Å². The maximum absolute atomic E-state index is 5.39. The van der Waals surface area contributed by atoms with Crippen molar-refractivity contribution in [1.82, 2.24) is 9.97 Å². The Hall–Kier alpha value is -1.14. The van der Waals surface area contributed by atoms with Crippen LogP contribution in [0.1, 0.15) is 13.3 Å². The van der Waals surface area contributed by atoms with Gasteiger partial charge in [0.1, 0.15) is 18.0 Å². The number of anilines is 2. The Morgan fingerprint density at radius 3 is 2.50 bits per heavy atom. The van der Waals surface area contributed by atoms with Crippen molar-refractivity contribution in [2.24, 2.45) is 0 Å². The molecule has 0 spiro atoms. The highest BCUT2D eigenvalue weighted by Crippen LogP contribution is 2.26. The number of aromatic nitrogens is 2. The van der Waals surface area contributed by atoms with Crippen LogP contribution in [0, 0.1) is 0 Å². The Kier molecular flexibility index (Phi) is 4.21. The monoisotopic (exact) mass is 338 g/mol. The molecule has 0 N–H and O–H groups in total. The number of hydrogen-bond acceptors (Lipinski definition) is 5. The Balaban J connectivity index is 1.77. The molecule has 0 aromatic carbocycles. The number of ether oxygens (including phenoxy) is 1. The van der Waals surface area contributed by atoms with Gasteiger partial charge in [0.05, 0.1) is 19.8 Å². The highest BCUT2D eigenvalue weighted by Gasteiger charge is 2.18. The molecule has 3 heterocycles. The van der Waals surface area contributed by atoms with Crippen LogP contribution in [-0.2, 0) is 4.74 Å². The van der Waals surface area contributed by atoms with Gasteiger partial charge < -0.3 is 14.5 Å². The minimum absolute atomic E-state index is 0.774. The van der Waals surface area contributed by atoms with E-state index >= 15 is 0 Å². The van der Waals surface area contributed by atoms with E-state index in [0.717, 1.165) is 57.4 Å². The van der Waals surface area contributed by atoms with Gasteiger partial charge in [-0.05, 0) is 13.3 Å². The van der Waals surface area contributed by atoms with E-state index in [0.29, 0.717) is 0 Å². The van der Waals surface area contributed by atoms with E-state index in [1.807, 2.05) is 0 Å². The van der Waals surface area contributed by atoms with Gasteiger partial charge in [-0.1, -0.05) is 21.5 Å². The average Bonchev–Trinajstić information content (AvgIpc) is 2.51. The van der Waals surface area contributed by atoms with Gasteiger partial charge >= 0.3 is 0 Å². The lowest BCUT2D eigenvalue weighted by Gasteiger charge is -2.31. The molecule has 2 aliphatic heterocycles. The van der Waals surface area contributed by atoms with Crippen LogP contribution in [0.25, 0.3) is 0 Å². The highest BCUT2D eigenvalue weighted by atomic mass is 79.9. The van der Waals surface area contributed by atoms with Gasteiger partial charge in [0.2, 0.25) is 0 Å². The predicted molar refractivity (Wildman–Crippen MR) is 83.5 cm³/mol. The van der Waals surface area contributed by atoms with Crippen LogP contribution in [0.4, 0.5) is 11.6 Å². The topological polar surface area (TPSA) is 41.5 Å². The van der Waals surface area contributed by atoms with E-state index in [2.05, 4.69) is 48.7 Å². The Labute approximate surface area is 127 Å². The molecule has 0 bridgehead atoms. The molecule has 20 heavy (non-hydrogen) atoms. The molecule has 1 fully saturated rings. The van der Waals surface area contributed by atoms with Crippen molar-refractivity contribution < 1.29 is 4.74 Å². The summed E-state index contributed by atoms with van der Waals surface area (Å²) < 4.78 is 6.66. The first kappa shape index (κ1) is 13.8. The second-order valence-corrected chi connectivity index (χ2v) is 6.15. The molecule has 108 valence electrons. The fraction of sp³-hybridized carbons (Fsp3) is 0.571. The van der Waals surface area contributed by atoms with Crippen molar-refractivity contribution in [3.63, 3.8) is 0 Å². The predicted octanol–water partition coefficient (Wildman–Crippen LogP) is 2.19. The van der Waals surface area contributed by atoms with E-state index in [9.17, 15) is 0 Å². The second-order valence-electron chi connectivity index (χ2n) is 5.19. The van der Waals surface area contributed by atoms with Crippen LogP contribution in [0.3, 0.4) is 0 Å². The molecule has 2 aliphatic rings. The first-order chi connectivity index (χ1) is 9.74. The molecule has 5 nitrogen and oxygen atoms in total. The summed E-state index contributed by atoms with van der Waals surface area (Å²) in [6, 6.07) is 2.09.